The van der Waals surface area contributed by atoms with Gasteiger partial charge in [-0.05, 0) is 38.0 Å². The molecule has 0 radical (unpaired) electrons. The molecule has 1 N–H and O–H groups in total. The Bertz CT molecular complexity index is 720. The number of piperidine rings is 1. The quantitative estimate of drug-likeness (QED) is 0.816. The maximum Gasteiger partial charge on any atom is 0.244 e. The molecule has 7 heteroatoms. The van der Waals surface area contributed by atoms with Gasteiger partial charge < -0.3 is 10.1 Å². The van der Waals surface area contributed by atoms with Gasteiger partial charge in [-0.25, -0.2) is 12.7 Å². The van der Waals surface area contributed by atoms with Gasteiger partial charge in [-0.1, -0.05) is 11.6 Å². The van der Waals surface area contributed by atoms with Crippen molar-refractivity contribution < 1.29 is 17.9 Å². The van der Waals surface area contributed by atoms with E-state index >= 15 is 0 Å². The number of amides is 1. The van der Waals surface area contributed by atoms with Gasteiger partial charge in [0.05, 0.1) is 13.4 Å². The van der Waals surface area contributed by atoms with Crippen molar-refractivity contribution in [1.82, 2.24) is 9.62 Å². The monoisotopic (exact) mass is 352 g/mol. The predicted molar refractivity (Wildman–Crippen MR) is 94.3 cm³/mol. The minimum absolute atomic E-state index is 0.000412. The number of nitrogens with zero attached hydrogens (tertiary/aromatic N) is 1. The Morgan fingerprint density at radius 3 is 2.58 bits per heavy atom. The molecule has 0 unspecified atom stereocenters. The first-order valence-corrected chi connectivity index (χ1v) is 9.73. The number of sulfonamides is 1. The highest BCUT2D eigenvalue weighted by Crippen LogP contribution is 2.21. The maximum absolute atomic E-state index is 12.1. The SMILES string of the molecule is COc1ccc(C)cc1/C=C/C(=O)NC1CCN(S(C)(=O)=O)CC1. The highest BCUT2D eigenvalue weighted by atomic mass is 32.2. The fourth-order valence-corrected chi connectivity index (χ4v) is 3.60. The van der Waals surface area contributed by atoms with Crippen LogP contribution in [0, 0.1) is 6.92 Å². The molecule has 1 saturated heterocycles. The smallest absolute Gasteiger partial charge is 0.244 e. The first-order chi connectivity index (χ1) is 11.3. The molecule has 1 aliphatic heterocycles. The average molecular weight is 352 g/mol. The predicted octanol–water partition coefficient (Wildman–Crippen LogP) is 1.56. The molecule has 0 bridgehead atoms. The van der Waals surface area contributed by atoms with Crippen molar-refractivity contribution >= 4 is 22.0 Å². The summed E-state index contributed by atoms with van der Waals surface area (Å²) in [7, 11) is -1.55. The van der Waals surface area contributed by atoms with Crippen LogP contribution < -0.4 is 10.1 Å². The van der Waals surface area contributed by atoms with E-state index < -0.39 is 10.0 Å². The zero-order valence-electron chi connectivity index (χ0n) is 14.3. The molecule has 0 spiro atoms. The van der Waals surface area contributed by atoms with Crippen molar-refractivity contribution in [3.8, 4) is 5.75 Å². The van der Waals surface area contributed by atoms with E-state index in [0.717, 1.165) is 11.1 Å². The fourth-order valence-electron chi connectivity index (χ4n) is 2.73. The van der Waals surface area contributed by atoms with E-state index in [9.17, 15) is 13.2 Å². The third-order valence-corrected chi connectivity index (χ3v) is 5.37. The van der Waals surface area contributed by atoms with Crippen LogP contribution in [0.5, 0.6) is 5.75 Å². The molecule has 6 nitrogen and oxygen atoms in total. The summed E-state index contributed by atoms with van der Waals surface area (Å²) >= 11 is 0. The standard InChI is InChI=1S/C17H24N2O4S/c1-13-4-6-16(23-2)14(12-13)5-7-17(20)18-15-8-10-19(11-9-15)24(3,21)22/h4-7,12,15H,8-11H2,1-3H3,(H,18,20)/b7-5+. The fraction of sp³-hybridized carbons (Fsp3) is 0.471. The molecule has 0 atom stereocenters. The maximum atomic E-state index is 12.1. The van der Waals surface area contributed by atoms with Crippen molar-refractivity contribution in [3.05, 3.63) is 35.4 Å². The second-order valence-corrected chi connectivity index (χ2v) is 8.01. The van der Waals surface area contributed by atoms with Crippen molar-refractivity contribution in [2.75, 3.05) is 26.5 Å². The summed E-state index contributed by atoms with van der Waals surface area (Å²) in [5.74, 6) is 0.530. The minimum atomic E-state index is -3.14. The Morgan fingerprint density at radius 2 is 2.00 bits per heavy atom. The van der Waals surface area contributed by atoms with Gasteiger partial charge in [-0.2, -0.15) is 0 Å². The number of nitrogens with one attached hydrogen (secondary N) is 1. The molecule has 24 heavy (non-hydrogen) atoms. The Labute approximate surface area is 143 Å². The number of rotatable bonds is 5. The Balaban J connectivity index is 1.91. The zero-order chi connectivity index (χ0) is 17.7. The molecule has 2 rings (SSSR count). The van der Waals surface area contributed by atoms with E-state index in [-0.39, 0.29) is 11.9 Å². The molecule has 1 amide bonds. The van der Waals surface area contributed by atoms with Crippen LogP contribution in [0.2, 0.25) is 0 Å². The molecule has 1 fully saturated rings. The largest absolute Gasteiger partial charge is 0.496 e. The van der Waals surface area contributed by atoms with E-state index in [4.69, 9.17) is 4.74 Å². The molecular weight excluding hydrogens is 328 g/mol. The van der Waals surface area contributed by atoms with Crippen molar-refractivity contribution in [2.24, 2.45) is 0 Å². The first-order valence-electron chi connectivity index (χ1n) is 7.88. The molecular formula is C17H24N2O4S. The van der Waals surface area contributed by atoms with Gasteiger partial charge in [-0.3, -0.25) is 4.79 Å². The number of aryl methyl sites for hydroxylation is 1. The molecule has 1 aliphatic rings. The zero-order valence-corrected chi connectivity index (χ0v) is 15.1. The van der Waals surface area contributed by atoms with Gasteiger partial charge in [-0.15, -0.1) is 0 Å². The molecule has 1 heterocycles. The lowest BCUT2D eigenvalue weighted by atomic mass is 10.1. The van der Waals surface area contributed by atoms with Crippen LogP contribution in [0.1, 0.15) is 24.0 Å². The lowest BCUT2D eigenvalue weighted by Crippen LogP contribution is -2.45. The number of methoxy groups -OCH3 is 1. The Kier molecular flexibility index (Phi) is 6.01. The van der Waals surface area contributed by atoms with E-state index in [0.29, 0.717) is 31.7 Å². The average Bonchev–Trinajstić information content (AvgIpc) is 2.53. The number of hydrogen-bond acceptors (Lipinski definition) is 4. The first kappa shape index (κ1) is 18.5. The third kappa shape index (κ3) is 5.07. The minimum Gasteiger partial charge on any atom is -0.496 e. The van der Waals surface area contributed by atoms with Gasteiger partial charge in [0, 0.05) is 30.8 Å². The van der Waals surface area contributed by atoms with E-state index in [2.05, 4.69) is 5.32 Å². The third-order valence-electron chi connectivity index (χ3n) is 4.07. The van der Waals surface area contributed by atoms with Crippen molar-refractivity contribution in [1.29, 1.82) is 0 Å². The van der Waals surface area contributed by atoms with Gasteiger partial charge in [0.25, 0.3) is 0 Å². The second-order valence-electron chi connectivity index (χ2n) is 6.02. The summed E-state index contributed by atoms with van der Waals surface area (Å²) in [4.78, 5) is 12.1. The van der Waals surface area contributed by atoms with Gasteiger partial charge in [0.15, 0.2) is 0 Å². The topological polar surface area (TPSA) is 75.7 Å². The number of hydrogen-bond donors (Lipinski definition) is 1. The van der Waals surface area contributed by atoms with E-state index in [1.165, 1.54) is 16.6 Å². The van der Waals surface area contributed by atoms with Crippen LogP contribution in [0.4, 0.5) is 0 Å². The summed E-state index contributed by atoms with van der Waals surface area (Å²) in [6.45, 7) is 2.87. The van der Waals surface area contributed by atoms with Crippen molar-refractivity contribution in [2.45, 2.75) is 25.8 Å². The molecule has 1 aromatic carbocycles. The van der Waals surface area contributed by atoms with Crippen LogP contribution in [0.3, 0.4) is 0 Å². The Hall–Kier alpha value is -1.86. The summed E-state index contributed by atoms with van der Waals surface area (Å²) in [6, 6.07) is 5.77. The molecule has 132 valence electrons. The van der Waals surface area contributed by atoms with Crippen LogP contribution >= 0.6 is 0 Å². The van der Waals surface area contributed by atoms with E-state index in [1.807, 2.05) is 25.1 Å². The van der Waals surface area contributed by atoms with Crippen LogP contribution in [-0.2, 0) is 14.8 Å². The van der Waals surface area contributed by atoms with Crippen LogP contribution in [0.25, 0.3) is 6.08 Å². The number of carbonyl (C=O) groups is 1. The van der Waals surface area contributed by atoms with Crippen LogP contribution in [-0.4, -0.2) is 51.1 Å². The number of carbonyl (C=O) groups excluding carboxylic acids is 1. The van der Waals surface area contributed by atoms with E-state index in [1.54, 1.807) is 13.2 Å². The molecule has 0 aromatic heterocycles. The second kappa shape index (κ2) is 7.81. The Morgan fingerprint density at radius 1 is 1.33 bits per heavy atom. The van der Waals surface area contributed by atoms with Gasteiger partial charge in [0.1, 0.15) is 5.75 Å². The normalized spacial score (nSPS) is 17.1. The summed E-state index contributed by atoms with van der Waals surface area (Å²) in [6.07, 6.45) is 5.68. The lowest BCUT2D eigenvalue weighted by Gasteiger charge is -2.30. The van der Waals surface area contributed by atoms with Crippen LogP contribution in [0.15, 0.2) is 24.3 Å². The summed E-state index contributed by atoms with van der Waals surface area (Å²) in [5.41, 5.74) is 1.93. The van der Waals surface area contributed by atoms with Crippen molar-refractivity contribution in [3.63, 3.8) is 0 Å². The van der Waals surface area contributed by atoms with Gasteiger partial charge in [0.2, 0.25) is 15.9 Å². The molecule has 0 aliphatic carbocycles. The summed E-state index contributed by atoms with van der Waals surface area (Å²) < 4.78 is 29.7. The highest BCUT2D eigenvalue weighted by Gasteiger charge is 2.25. The lowest BCUT2D eigenvalue weighted by molar-refractivity contribution is -0.117. The highest BCUT2D eigenvalue weighted by molar-refractivity contribution is 7.88. The number of ether oxygens (including phenoxy) is 1. The molecule has 0 saturated carbocycles. The molecule has 1 aromatic rings. The van der Waals surface area contributed by atoms with Gasteiger partial charge >= 0.3 is 0 Å². The summed E-state index contributed by atoms with van der Waals surface area (Å²) in [5, 5.41) is 2.93. The number of benzene rings is 1.